The van der Waals surface area contributed by atoms with Gasteiger partial charge >= 0.3 is 0 Å². The number of quaternary nitrogens is 1. The molecule has 21 heavy (non-hydrogen) atoms. The first kappa shape index (κ1) is 14.5. The van der Waals surface area contributed by atoms with E-state index in [-0.39, 0.29) is 0 Å². The van der Waals surface area contributed by atoms with Crippen molar-refractivity contribution in [2.45, 2.75) is 24.3 Å². The maximum absolute atomic E-state index is 4.31. The summed E-state index contributed by atoms with van der Waals surface area (Å²) in [5.41, 5.74) is 1.90. The molecule has 0 aliphatic carbocycles. The second kappa shape index (κ2) is 7.52. The number of aromatic nitrogens is 3. The average Bonchev–Trinajstić information content (AvgIpc) is 2.57. The topological polar surface area (TPSA) is 43.1 Å². The zero-order chi connectivity index (χ0) is 14.3. The van der Waals surface area contributed by atoms with E-state index in [0.29, 0.717) is 0 Å². The maximum Gasteiger partial charge on any atom is 0.119 e. The van der Waals surface area contributed by atoms with E-state index in [1.54, 1.807) is 11.1 Å². The van der Waals surface area contributed by atoms with Crippen molar-refractivity contribution in [3.8, 4) is 11.3 Å². The second-order valence-electron chi connectivity index (χ2n) is 5.41. The smallest absolute Gasteiger partial charge is 0.119 e. The summed E-state index contributed by atoms with van der Waals surface area (Å²) in [6, 6.07) is 8.01. The number of hydrogen-bond donors (Lipinski definition) is 1. The summed E-state index contributed by atoms with van der Waals surface area (Å²) < 4.78 is 0. The normalized spacial score (nSPS) is 16.0. The van der Waals surface area contributed by atoms with Crippen LogP contribution >= 0.6 is 11.8 Å². The summed E-state index contributed by atoms with van der Waals surface area (Å²) in [6.45, 7) is 3.91. The van der Waals surface area contributed by atoms with Crippen molar-refractivity contribution in [1.82, 2.24) is 15.2 Å². The Kier molecular flexibility index (Phi) is 5.18. The molecule has 1 saturated heterocycles. The molecule has 2 aromatic heterocycles. The molecule has 0 radical (unpaired) electrons. The van der Waals surface area contributed by atoms with Gasteiger partial charge in [0.1, 0.15) is 5.03 Å². The molecular formula is C16H21N4S+. The fraction of sp³-hybridized carbons (Fsp3) is 0.438. The number of hydrogen-bond acceptors (Lipinski definition) is 4. The number of nitrogens with zero attached hydrogens (tertiary/aromatic N) is 3. The lowest BCUT2D eigenvalue weighted by molar-refractivity contribution is -0.902. The van der Waals surface area contributed by atoms with Gasteiger partial charge in [0.25, 0.3) is 0 Å². The fourth-order valence-corrected chi connectivity index (χ4v) is 3.53. The number of nitrogens with one attached hydrogen (secondary N) is 1. The van der Waals surface area contributed by atoms with Crippen molar-refractivity contribution in [1.29, 1.82) is 0 Å². The Balaban J connectivity index is 1.50. The third-order valence-electron chi connectivity index (χ3n) is 3.86. The third-order valence-corrected chi connectivity index (χ3v) is 4.79. The Morgan fingerprint density at radius 1 is 1.05 bits per heavy atom. The van der Waals surface area contributed by atoms with E-state index in [0.717, 1.165) is 22.0 Å². The summed E-state index contributed by atoms with van der Waals surface area (Å²) in [4.78, 5) is 5.85. The van der Waals surface area contributed by atoms with Crippen LogP contribution in [0.4, 0.5) is 0 Å². The van der Waals surface area contributed by atoms with Gasteiger partial charge in [0.15, 0.2) is 0 Å². The largest absolute Gasteiger partial charge is 0.334 e. The number of likely N-dealkylation sites (tertiary alicyclic amines) is 1. The monoisotopic (exact) mass is 301 g/mol. The van der Waals surface area contributed by atoms with E-state index in [1.807, 2.05) is 36.2 Å². The first-order valence-electron chi connectivity index (χ1n) is 7.62. The van der Waals surface area contributed by atoms with Crippen molar-refractivity contribution in [3.63, 3.8) is 0 Å². The fourth-order valence-electron chi connectivity index (χ4n) is 2.67. The second-order valence-corrected chi connectivity index (χ2v) is 6.52. The van der Waals surface area contributed by atoms with Crippen LogP contribution in [-0.2, 0) is 0 Å². The molecule has 5 heteroatoms. The van der Waals surface area contributed by atoms with Gasteiger partial charge in [-0.15, -0.1) is 10.2 Å². The molecule has 0 aromatic carbocycles. The molecule has 1 N–H and O–H groups in total. The molecule has 0 unspecified atom stereocenters. The number of piperidine rings is 1. The molecule has 0 spiro atoms. The quantitative estimate of drug-likeness (QED) is 0.854. The number of thioether (sulfide) groups is 1. The van der Waals surface area contributed by atoms with E-state index in [1.165, 1.54) is 38.9 Å². The standard InChI is InChI=1S/C16H20N4S/c1-2-9-20(10-3-1)11-12-21-16-7-6-15(18-19-16)14-5-4-8-17-13-14/h4-8,13H,1-3,9-12H2/p+1. The third kappa shape index (κ3) is 4.25. The molecule has 0 bridgehead atoms. The molecular weight excluding hydrogens is 280 g/mol. The van der Waals surface area contributed by atoms with Crippen LogP contribution in [-0.4, -0.2) is 40.6 Å². The highest BCUT2D eigenvalue weighted by atomic mass is 32.2. The highest BCUT2D eigenvalue weighted by Gasteiger charge is 2.13. The molecule has 3 heterocycles. The minimum Gasteiger partial charge on any atom is -0.334 e. The van der Waals surface area contributed by atoms with E-state index in [4.69, 9.17) is 0 Å². The van der Waals surface area contributed by atoms with Crippen LogP contribution in [0.25, 0.3) is 11.3 Å². The Morgan fingerprint density at radius 2 is 1.95 bits per heavy atom. The van der Waals surface area contributed by atoms with Crippen molar-refractivity contribution >= 4 is 11.8 Å². The summed E-state index contributed by atoms with van der Waals surface area (Å²) in [6.07, 6.45) is 7.78. The molecule has 0 saturated carbocycles. The van der Waals surface area contributed by atoms with Gasteiger partial charge in [-0.3, -0.25) is 4.98 Å². The molecule has 3 rings (SSSR count). The lowest BCUT2D eigenvalue weighted by Gasteiger charge is -2.23. The van der Waals surface area contributed by atoms with E-state index in [2.05, 4.69) is 21.2 Å². The minimum atomic E-state index is 0.883. The van der Waals surface area contributed by atoms with Crippen LogP contribution in [0.15, 0.2) is 41.7 Å². The average molecular weight is 301 g/mol. The van der Waals surface area contributed by atoms with Crippen LogP contribution < -0.4 is 4.90 Å². The number of pyridine rings is 1. The van der Waals surface area contributed by atoms with Gasteiger partial charge in [0.2, 0.25) is 0 Å². The van der Waals surface area contributed by atoms with E-state index < -0.39 is 0 Å². The van der Waals surface area contributed by atoms with Crippen molar-refractivity contribution in [2.24, 2.45) is 0 Å². The minimum absolute atomic E-state index is 0.883. The van der Waals surface area contributed by atoms with Crippen LogP contribution in [0.3, 0.4) is 0 Å². The molecule has 1 aliphatic heterocycles. The maximum atomic E-state index is 4.31. The molecule has 0 atom stereocenters. The number of rotatable bonds is 5. The Hall–Kier alpha value is -1.46. The SMILES string of the molecule is c1cncc(-c2ccc(SCC[NH+]3CCCCC3)nn2)c1. The van der Waals surface area contributed by atoms with Gasteiger partial charge in [-0.1, -0.05) is 11.8 Å². The lowest BCUT2D eigenvalue weighted by Crippen LogP contribution is -3.13. The molecule has 4 nitrogen and oxygen atoms in total. The van der Waals surface area contributed by atoms with Gasteiger partial charge in [-0.25, -0.2) is 0 Å². The first-order valence-corrected chi connectivity index (χ1v) is 8.61. The summed E-state index contributed by atoms with van der Waals surface area (Å²) >= 11 is 1.81. The van der Waals surface area contributed by atoms with Crippen LogP contribution in [0.2, 0.25) is 0 Å². The zero-order valence-corrected chi connectivity index (χ0v) is 13.0. The van der Waals surface area contributed by atoms with Crippen LogP contribution in [0.1, 0.15) is 19.3 Å². The highest BCUT2D eigenvalue weighted by molar-refractivity contribution is 7.99. The Labute approximate surface area is 130 Å². The van der Waals surface area contributed by atoms with Gasteiger partial charge in [-0.05, 0) is 43.5 Å². The van der Waals surface area contributed by atoms with Gasteiger partial charge in [0.05, 0.1) is 25.3 Å². The Bertz CT molecular complexity index is 538. The summed E-state index contributed by atoms with van der Waals surface area (Å²) in [7, 11) is 0. The van der Waals surface area contributed by atoms with Gasteiger partial charge in [-0.2, -0.15) is 0 Å². The van der Waals surface area contributed by atoms with E-state index in [9.17, 15) is 0 Å². The molecule has 1 aliphatic rings. The Morgan fingerprint density at radius 3 is 2.67 bits per heavy atom. The van der Waals surface area contributed by atoms with Crippen molar-refractivity contribution in [3.05, 3.63) is 36.7 Å². The molecule has 2 aromatic rings. The predicted octanol–water partition coefficient (Wildman–Crippen LogP) is 1.70. The van der Waals surface area contributed by atoms with E-state index >= 15 is 0 Å². The van der Waals surface area contributed by atoms with Crippen LogP contribution in [0, 0.1) is 0 Å². The highest BCUT2D eigenvalue weighted by Crippen LogP contribution is 2.18. The zero-order valence-electron chi connectivity index (χ0n) is 12.2. The van der Waals surface area contributed by atoms with Crippen molar-refractivity contribution < 1.29 is 4.90 Å². The molecule has 110 valence electrons. The van der Waals surface area contributed by atoms with Crippen molar-refractivity contribution in [2.75, 3.05) is 25.4 Å². The van der Waals surface area contributed by atoms with Crippen LogP contribution in [0.5, 0.6) is 0 Å². The summed E-state index contributed by atoms with van der Waals surface area (Å²) in [5.74, 6) is 1.12. The summed E-state index contributed by atoms with van der Waals surface area (Å²) in [5, 5.41) is 9.62. The van der Waals surface area contributed by atoms with Gasteiger partial charge in [0, 0.05) is 23.7 Å². The molecule has 1 fully saturated rings. The van der Waals surface area contributed by atoms with Gasteiger partial charge < -0.3 is 4.90 Å². The predicted molar refractivity (Wildman–Crippen MR) is 85.4 cm³/mol. The molecule has 0 amide bonds. The lowest BCUT2D eigenvalue weighted by atomic mass is 10.1. The first-order chi connectivity index (χ1) is 10.4.